The molecule has 3 atom stereocenters. The van der Waals surface area contributed by atoms with E-state index in [1.807, 2.05) is 0 Å². The van der Waals surface area contributed by atoms with Gasteiger partial charge in [-0.15, -0.1) is 0 Å². The fraction of sp³-hybridized carbons (Fsp3) is 0.304. The summed E-state index contributed by atoms with van der Waals surface area (Å²) < 4.78 is 0. The van der Waals surface area contributed by atoms with Gasteiger partial charge in [0.2, 0.25) is 11.8 Å². The molecule has 0 saturated carbocycles. The highest BCUT2D eigenvalue weighted by molar-refractivity contribution is 6.35. The van der Waals surface area contributed by atoms with Gasteiger partial charge in [0.25, 0.3) is 0 Å². The van der Waals surface area contributed by atoms with Crippen LogP contribution in [0.25, 0.3) is 0 Å². The summed E-state index contributed by atoms with van der Waals surface area (Å²) >= 11 is 12.2. The summed E-state index contributed by atoms with van der Waals surface area (Å²) in [6, 6.07) is 13.5. The number of hydrogen-bond acceptors (Lipinski definition) is 4. The maximum absolute atomic E-state index is 13.8. The molecule has 0 aliphatic carbocycles. The van der Waals surface area contributed by atoms with Gasteiger partial charge >= 0.3 is 0 Å². The normalized spacial score (nSPS) is 24.8. The summed E-state index contributed by atoms with van der Waals surface area (Å²) in [6.07, 6.45) is 0.617. The zero-order chi connectivity index (χ0) is 22.3. The molecular weight excluding hydrogens is 437 g/mol. The Labute approximate surface area is 189 Å². The minimum absolute atomic E-state index is 0.210. The highest BCUT2D eigenvalue weighted by atomic mass is 35.5. The highest BCUT2D eigenvalue weighted by Gasteiger charge is 2.62. The van der Waals surface area contributed by atoms with E-state index < -0.39 is 11.5 Å². The summed E-state index contributed by atoms with van der Waals surface area (Å²) in [7, 11) is 0. The number of ketones is 1. The van der Waals surface area contributed by atoms with Gasteiger partial charge in [0.05, 0.1) is 11.6 Å². The molecule has 6 nitrogen and oxygen atoms in total. The van der Waals surface area contributed by atoms with E-state index >= 15 is 0 Å². The van der Waals surface area contributed by atoms with Gasteiger partial charge in [0.15, 0.2) is 5.78 Å². The van der Waals surface area contributed by atoms with E-state index in [1.54, 1.807) is 47.4 Å². The van der Waals surface area contributed by atoms with Crippen LogP contribution in [-0.2, 0) is 20.8 Å². The van der Waals surface area contributed by atoms with Crippen molar-refractivity contribution in [1.29, 1.82) is 5.26 Å². The molecule has 1 unspecified atom stereocenters. The minimum atomic E-state index is -1.09. The number of carbonyl (C=O) groups is 3. The third kappa shape index (κ3) is 3.80. The number of carbonyl (C=O) groups excluding carboxylic acids is 3. The molecule has 2 fully saturated rings. The van der Waals surface area contributed by atoms with Crippen LogP contribution in [0.2, 0.25) is 10.0 Å². The first-order valence-electron chi connectivity index (χ1n) is 9.81. The lowest BCUT2D eigenvalue weighted by Crippen LogP contribution is -2.46. The van der Waals surface area contributed by atoms with Gasteiger partial charge in [-0.05, 0) is 41.5 Å². The zero-order valence-electron chi connectivity index (χ0n) is 16.7. The third-order valence-electron chi connectivity index (χ3n) is 5.94. The van der Waals surface area contributed by atoms with Crippen molar-refractivity contribution in [3.05, 3.63) is 69.2 Å². The molecule has 8 heteroatoms. The summed E-state index contributed by atoms with van der Waals surface area (Å²) in [5.41, 5.74) is 0.731. The second kappa shape index (κ2) is 7.99. The second-order valence-electron chi connectivity index (χ2n) is 8.07. The Morgan fingerprint density at radius 1 is 1.19 bits per heavy atom. The number of amides is 2. The summed E-state index contributed by atoms with van der Waals surface area (Å²) in [5.74, 6) is -1.75. The van der Waals surface area contributed by atoms with Gasteiger partial charge < -0.3 is 10.2 Å². The average molecular weight is 456 g/mol. The molecule has 2 heterocycles. The predicted molar refractivity (Wildman–Crippen MR) is 116 cm³/mol. The first-order valence-corrected chi connectivity index (χ1v) is 10.6. The van der Waals surface area contributed by atoms with Crippen molar-refractivity contribution in [2.24, 2.45) is 0 Å². The van der Waals surface area contributed by atoms with Crippen LogP contribution in [0.1, 0.15) is 36.0 Å². The number of nitriles is 1. The van der Waals surface area contributed by atoms with Gasteiger partial charge in [-0.2, -0.15) is 5.26 Å². The highest BCUT2D eigenvalue weighted by Crippen LogP contribution is 2.46. The maximum Gasteiger partial charge on any atom is 0.238 e. The fourth-order valence-corrected chi connectivity index (χ4v) is 5.30. The van der Waals surface area contributed by atoms with E-state index in [9.17, 15) is 14.4 Å². The first kappa shape index (κ1) is 21.4. The van der Waals surface area contributed by atoms with E-state index in [2.05, 4.69) is 11.4 Å². The largest absolute Gasteiger partial charge is 0.352 e. The predicted octanol–water partition coefficient (Wildman–Crippen LogP) is 3.25. The van der Waals surface area contributed by atoms with Gasteiger partial charge in [-0.25, -0.2) is 0 Å². The summed E-state index contributed by atoms with van der Waals surface area (Å²) in [4.78, 5) is 40.4. The Bertz CT molecular complexity index is 1110. The third-order valence-corrected chi connectivity index (χ3v) is 6.38. The van der Waals surface area contributed by atoms with Crippen LogP contribution >= 0.6 is 23.2 Å². The number of fused-ring (bicyclic) bond motifs is 1. The molecule has 0 spiro atoms. The van der Waals surface area contributed by atoms with Crippen molar-refractivity contribution >= 4 is 40.8 Å². The van der Waals surface area contributed by atoms with Crippen LogP contribution in [0.5, 0.6) is 0 Å². The van der Waals surface area contributed by atoms with Crippen molar-refractivity contribution < 1.29 is 14.4 Å². The summed E-state index contributed by atoms with van der Waals surface area (Å²) in [6.45, 7) is 1.67. The number of benzene rings is 2. The fourth-order valence-electron chi connectivity index (χ4n) is 4.76. The monoisotopic (exact) mass is 455 g/mol. The van der Waals surface area contributed by atoms with Gasteiger partial charge in [-0.3, -0.25) is 14.4 Å². The van der Waals surface area contributed by atoms with E-state index in [0.29, 0.717) is 34.0 Å². The molecule has 1 N–H and O–H groups in total. The standard InChI is InChI=1S/C23H19Cl2N3O3/c1-13(29)27-19-10-23(9-14-2-4-15(11-26)5-3-14)21(30)20(22(31)28(23)12-19)16-6-17(24)8-18(25)7-16/h2-8,19-20H,9-10,12H2,1H3,(H,27,29)/t19-,20?,23-/m0/s1. The SMILES string of the molecule is CC(=O)N[C@@H]1CN2C(=O)C(c3cc(Cl)cc(Cl)c3)C(=O)[C@]2(Cc2ccc(C#N)cc2)C1. The molecule has 2 aliphatic rings. The minimum Gasteiger partial charge on any atom is -0.352 e. The Balaban J connectivity index is 1.74. The number of nitrogens with zero attached hydrogens (tertiary/aromatic N) is 2. The van der Waals surface area contributed by atoms with E-state index in [-0.39, 0.29) is 30.2 Å². The number of hydrogen-bond donors (Lipinski definition) is 1. The smallest absolute Gasteiger partial charge is 0.238 e. The number of rotatable bonds is 4. The molecule has 0 radical (unpaired) electrons. The van der Waals surface area contributed by atoms with Gasteiger partial charge in [0.1, 0.15) is 11.5 Å². The Morgan fingerprint density at radius 2 is 1.84 bits per heavy atom. The van der Waals surface area contributed by atoms with Crippen LogP contribution in [0.4, 0.5) is 0 Å². The quantitative estimate of drug-likeness (QED) is 0.716. The Kier molecular flexibility index (Phi) is 5.50. The Morgan fingerprint density at radius 3 is 2.42 bits per heavy atom. The van der Waals surface area contributed by atoms with Crippen LogP contribution in [0.3, 0.4) is 0 Å². The first-order chi connectivity index (χ1) is 14.7. The molecular formula is C23H19Cl2N3O3. The lowest BCUT2D eigenvalue weighted by molar-refractivity contribution is -0.131. The van der Waals surface area contributed by atoms with Crippen LogP contribution < -0.4 is 5.32 Å². The van der Waals surface area contributed by atoms with E-state index in [0.717, 1.165) is 5.56 Å². The zero-order valence-corrected chi connectivity index (χ0v) is 18.2. The van der Waals surface area contributed by atoms with E-state index in [4.69, 9.17) is 28.5 Å². The second-order valence-corrected chi connectivity index (χ2v) is 8.94. The maximum atomic E-state index is 13.8. The molecule has 0 bridgehead atoms. The molecule has 2 aromatic rings. The van der Waals surface area contributed by atoms with Crippen LogP contribution in [-0.4, -0.2) is 40.6 Å². The summed E-state index contributed by atoms with van der Waals surface area (Å²) in [5, 5.41) is 12.6. The average Bonchev–Trinajstić information content (AvgIpc) is 3.14. The molecule has 4 rings (SSSR count). The molecule has 158 valence electrons. The molecule has 2 aromatic carbocycles. The van der Waals surface area contributed by atoms with Crippen molar-refractivity contribution in [1.82, 2.24) is 10.2 Å². The van der Waals surface area contributed by atoms with Crippen molar-refractivity contribution in [3.8, 4) is 6.07 Å². The molecule has 2 saturated heterocycles. The molecule has 2 amide bonds. The van der Waals surface area contributed by atoms with Crippen molar-refractivity contribution in [2.75, 3.05) is 6.54 Å². The number of halogens is 2. The number of Topliss-reactive ketones (excluding diaryl/α,β-unsaturated/α-hetero) is 1. The Hall–Kier alpha value is -2.88. The van der Waals surface area contributed by atoms with Crippen LogP contribution in [0, 0.1) is 11.3 Å². The number of nitrogens with one attached hydrogen (secondary N) is 1. The van der Waals surface area contributed by atoms with Gasteiger partial charge in [0, 0.05) is 42.4 Å². The van der Waals surface area contributed by atoms with Crippen molar-refractivity contribution in [2.45, 2.75) is 37.3 Å². The van der Waals surface area contributed by atoms with Crippen molar-refractivity contribution in [3.63, 3.8) is 0 Å². The van der Waals surface area contributed by atoms with Gasteiger partial charge in [-0.1, -0.05) is 35.3 Å². The van der Waals surface area contributed by atoms with Crippen LogP contribution in [0.15, 0.2) is 42.5 Å². The lowest BCUT2D eigenvalue weighted by atomic mass is 9.80. The topological polar surface area (TPSA) is 90.3 Å². The van der Waals surface area contributed by atoms with E-state index in [1.165, 1.54) is 6.92 Å². The molecule has 0 aromatic heterocycles. The molecule has 2 aliphatic heterocycles. The molecule has 31 heavy (non-hydrogen) atoms. The lowest BCUT2D eigenvalue weighted by Gasteiger charge is -2.30.